The molecule has 5 aliphatic carbocycles. The Kier molecular flexibility index (Phi) is 4.52. The molecule has 0 aromatic carbocycles. The maximum absolute atomic E-state index is 13.4. The van der Waals surface area contributed by atoms with Gasteiger partial charge in [-0.25, -0.2) is 0 Å². The van der Waals surface area contributed by atoms with E-state index in [9.17, 15) is 15.0 Å². The van der Waals surface area contributed by atoms with Crippen molar-refractivity contribution < 1.29 is 38.7 Å². The molecule has 196 valence electrons. The van der Waals surface area contributed by atoms with Crippen molar-refractivity contribution in [3.63, 3.8) is 0 Å². The van der Waals surface area contributed by atoms with Crippen LogP contribution in [0.15, 0.2) is 0 Å². The summed E-state index contributed by atoms with van der Waals surface area (Å²) in [5.41, 5.74) is -4.76. The van der Waals surface area contributed by atoms with Gasteiger partial charge in [0.15, 0.2) is 11.7 Å². The third-order valence-corrected chi connectivity index (χ3v) is 12.0. The topological polar surface area (TPSA) is 107 Å². The molecule has 0 amide bonds. The average Bonchev–Trinajstić information content (AvgIpc) is 3.38. The predicted molar refractivity (Wildman–Crippen MR) is 121 cm³/mol. The van der Waals surface area contributed by atoms with Crippen LogP contribution >= 0.6 is 0 Å². The molecule has 7 rings (SSSR count). The number of esters is 1. The fraction of sp³-hybridized carbons (Fsp3) is 0.962. The number of likely N-dealkylation sites (N-methyl/N-ethyl adjacent to an activating group) is 1. The summed E-state index contributed by atoms with van der Waals surface area (Å²) in [6.45, 7) is 7.18. The van der Waals surface area contributed by atoms with Gasteiger partial charge in [-0.1, -0.05) is 13.8 Å². The molecule has 0 unspecified atom stereocenters. The molecule has 13 atom stereocenters. The number of rotatable bonds is 4. The van der Waals surface area contributed by atoms with E-state index in [1.165, 1.54) is 6.92 Å². The summed E-state index contributed by atoms with van der Waals surface area (Å²) < 4.78 is 32.1. The van der Waals surface area contributed by atoms with Crippen molar-refractivity contribution in [1.29, 1.82) is 0 Å². The molecule has 9 nitrogen and oxygen atoms in total. The van der Waals surface area contributed by atoms with Crippen molar-refractivity contribution in [2.45, 2.75) is 93.7 Å². The molecule has 0 radical (unpaired) electrons. The first-order chi connectivity index (χ1) is 16.6. The maximum Gasteiger partial charge on any atom is 0.303 e. The third kappa shape index (κ3) is 2.03. The summed E-state index contributed by atoms with van der Waals surface area (Å²) in [6.07, 6.45) is 0.609. The molecule has 2 N–H and O–H groups in total. The zero-order valence-corrected chi connectivity index (χ0v) is 21.4. The fourth-order valence-electron chi connectivity index (χ4n) is 11.5. The quantitative estimate of drug-likeness (QED) is 0.547. The molecule has 5 saturated carbocycles. The van der Waals surface area contributed by atoms with E-state index in [-0.39, 0.29) is 42.8 Å². The van der Waals surface area contributed by atoms with Crippen LogP contribution in [0.3, 0.4) is 0 Å². The molecule has 7 fully saturated rings. The minimum absolute atomic E-state index is 0.0311. The number of likely N-dealkylation sites (tertiary alicyclic amines) is 1. The van der Waals surface area contributed by atoms with Crippen LogP contribution in [0.1, 0.15) is 46.5 Å². The molecular formula is C26H39NO8. The van der Waals surface area contributed by atoms with E-state index in [1.54, 1.807) is 14.2 Å². The first-order valence-electron chi connectivity index (χ1n) is 13.3. The molecule has 7 aliphatic rings. The molecule has 2 saturated heterocycles. The Balaban J connectivity index is 1.62. The molecule has 35 heavy (non-hydrogen) atoms. The van der Waals surface area contributed by atoms with Crippen LogP contribution in [0.2, 0.25) is 0 Å². The number of piperidine rings is 1. The average molecular weight is 494 g/mol. The number of hydrogen-bond donors (Lipinski definition) is 2. The van der Waals surface area contributed by atoms with E-state index < -0.39 is 45.8 Å². The van der Waals surface area contributed by atoms with Gasteiger partial charge < -0.3 is 33.9 Å². The monoisotopic (exact) mass is 493 g/mol. The number of aliphatic hydroxyl groups excluding tert-OH is 1. The normalized spacial score (nSPS) is 61.6. The third-order valence-electron chi connectivity index (χ3n) is 12.0. The lowest BCUT2D eigenvalue weighted by Crippen LogP contribution is -2.83. The van der Waals surface area contributed by atoms with Crippen molar-refractivity contribution in [3.05, 3.63) is 0 Å². The number of fused-ring (bicyclic) bond motifs is 1. The predicted octanol–water partition coefficient (Wildman–Crippen LogP) is 0.696. The maximum atomic E-state index is 13.4. The van der Waals surface area contributed by atoms with Crippen molar-refractivity contribution in [1.82, 2.24) is 4.90 Å². The van der Waals surface area contributed by atoms with Gasteiger partial charge in [0, 0.05) is 51.4 Å². The number of methoxy groups -OCH3 is 2. The zero-order valence-electron chi connectivity index (χ0n) is 21.4. The van der Waals surface area contributed by atoms with Gasteiger partial charge in [-0.05, 0) is 31.7 Å². The SMILES string of the molecule is CCN1C[C@]2(C)CC[C@H](OC)[C@]34[C@@H]5C[C@H]6[C@H](OC)[C@@H]5[C@@]5(C[C@@H]6O)OCO[C@@]5([C@@H]13)[C@@H](OC(C)=O)[C@]24O. The summed E-state index contributed by atoms with van der Waals surface area (Å²) >= 11 is 0. The number of carbonyl (C=O) groups excluding carboxylic acids is 1. The first kappa shape index (κ1) is 23.3. The van der Waals surface area contributed by atoms with E-state index in [1.807, 2.05) is 0 Å². The minimum Gasteiger partial charge on any atom is -0.456 e. The number of aliphatic hydroxyl groups is 2. The lowest BCUT2D eigenvalue weighted by molar-refractivity contribution is -0.324. The molecule has 2 heterocycles. The largest absolute Gasteiger partial charge is 0.456 e. The Morgan fingerprint density at radius 3 is 2.66 bits per heavy atom. The Hall–Kier alpha value is -0.810. The van der Waals surface area contributed by atoms with Gasteiger partial charge >= 0.3 is 5.97 Å². The standard InChI is InChI=1S/C26H39NO8/c1-6-27-11-22(3)8-7-17(31-4)24-15-9-14-16(29)10-23(18(15)19(14)32-5)25(20(24)27,34-12-33-23)21(26(22,24)30)35-13(2)28/h14-21,29-30H,6-12H2,1-5H3/t14-,15-,16+,17+,18-,19+,20+,21-,22+,23-,24-,25+,26+/m1/s1. The molecular weight excluding hydrogens is 454 g/mol. The van der Waals surface area contributed by atoms with Crippen LogP contribution in [-0.4, -0.2) is 102 Å². The second-order valence-electron chi connectivity index (χ2n) is 12.6. The minimum atomic E-state index is -1.38. The van der Waals surface area contributed by atoms with Gasteiger partial charge in [0.2, 0.25) is 0 Å². The van der Waals surface area contributed by atoms with Crippen molar-refractivity contribution in [2.75, 3.05) is 34.1 Å². The van der Waals surface area contributed by atoms with E-state index in [0.29, 0.717) is 19.4 Å². The first-order valence-corrected chi connectivity index (χ1v) is 13.3. The van der Waals surface area contributed by atoms with E-state index >= 15 is 0 Å². The highest BCUT2D eigenvalue weighted by molar-refractivity contribution is 5.67. The van der Waals surface area contributed by atoms with Gasteiger partial charge in [0.05, 0.1) is 29.8 Å². The van der Waals surface area contributed by atoms with Gasteiger partial charge in [-0.2, -0.15) is 0 Å². The second kappa shape index (κ2) is 6.79. The number of hydrogen-bond acceptors (Lipinski definition) is 9. The summed E-state index contributed by atoms with van der Waals surface area (Å²) in [7, 11) is 3.44. The highest BCUT2D eigenvalue weighted by atomic mass is 16.7. The van der Waals surface area contributed by atoms with Gasteiger partial charge in [0.25, 0.3) is 0 Å². The molecule has 2 aliphatic heterocycles. The number of nitrogens with zero attached hydrogens (tertiary/aromatic N) is 1. The molecule has 3 spiro atoms. The lowest BCUT2D eigenvalue weighted by atomic mass is 9.41. The van der Waals surface area contributed by atoms with Crippen molar-refractivity contribution >= 4 is 5.97 Å². The summed E-state index contributed by atoms with van der Waals surface area (Å²) in [6, 6.07) is -0.280. The smallest absolute Gasteiger partial charge is 0.303 e. The lowest BCUT2D eigenvalue weighted by Gasteiger charge is -2.71. The molecule has 0 aromatic heterocycles. The van der Waals surface area contributed by atoms with Crippen LogP contribution < -0.4 is 0 Å². The van der Waals surface area contributed by atoms with Crippen LogP contribution in [0, 0.1) is 28.6 Å². The Bertz CT molecular complexity index is 964. The molecule has 0 aromatic rings. The van der Waals surface area contributed by atoms with E-state index in [4.69, 9.17) is 23.7 Å². The molecule has 7 bridgehead atoms. The van der Waals surface area contributed by atoms with E-state index in [0.717, 1.165) is 19.4 Å². The number of ether oxygens (including phenoxy) is 5. The highest BCUT2D eigenvalue weighted by Gasteiger charge is 2.98. The molecule has 9 heteroatoms. The van der Waals surface area contributed by atoms with Crippen LogP contribution in [0.4, 0.5) is 0 Å². The Labute approximate surface area is 206 Å². The summed E-state index contributed by atoms with van der Waals surface area (Å²) in [4.78, 5) is 15.2. The highest BCUT2D eigenvalue weighted by Crippen LogP contribution is 2.83. The Morgan fingerprint density at radius 1 is 1.23 bits per heavy atom. The fourth-order valence-corrected chi connectivity index (χ4v) is 11.5. The van der Waals surface area contributed by atoms with Crippen LogP contribution in [-0.2, 0) is 28.5 Å². The van der Waals surface area contributed by atoms with Crippen molar-refractivity contribution in [3.8, 4) is 0 Å². The van der Waals surface area contributed by atoms with Crippen molar-refractivity contribution in [2.24, 2.45) is 28.6 Å². The van der Waals surface area contributed by atoms with Gasteiger partial charge in [0.1, 0.15) is 18.0 Å². The Morgan fingerprint density at radius 2 is 2.00 bits per heavy atom. The van der Waals surface area contributed by atoms with Gasteiger partial charge in [-0.15, -0.1) is 0 Å². The number of carbonyl (C=O) groups is 1. The van der Waals surface area contributed by atoms with Crippen LogP contribution in [0.25, 0.3) is 0 Å². The summed E-state index contributed by atoms with van der Waals surface area (Å²) in [5.74, 6) is -0.644. The van der Waals surface area contributed by atoms with E-state index in [2.05, 4.69) is 18.7 Å². The van der Waals surface area contributed by atoms with Gasteiger partial charge in [-0.3, -0.25) is 9.69 Å². The zero-order chi connectivity index (χ0) is 24.8. The second-order valence-corrected chi connectivity index (χ2v) is 12.6. The summed E-state index contributed by atoms with van der Waals surface area (Å²) in [5, 5.41) is 24.8. The van der Waals surface area contributed by atoms with Crippen LogP contribution in [0.5, 0.6) is 0 Å².